The van der Waals surface area contributed by atoms with Gasteiger partial charge in [0, 0.05) is 23.7 Å². The van der Waals surface area contributed by atoms with E-state index in [1.54, 1.807) is 5.01 Å². The minimum Gasteiger partial charge on any atom is -0.489 e. The molecule has 174 valence electrons. The summed E-state index contributed by atoms with van der Waals surface area (Å²) in [5.41, 5.74) is 4.36. The molecule has 1 aliphatic rings. The van der Waals surface area contributed by atoms with Gasteiger partial charge in [-0.25, -0.2) is 22.8 Å². The lowest BCUT2D eigenvalue weighted by atomic mass is 9.96. The van der Waals surface area contributed by atoms with Gasteiger partial charge >= 0.3 is 0 Å². The van der Waals surface area contributed by atoms with Gasteiger partial charge in [0.25, 0.3) is 5.91 Å². The van der Waals surface area contributed by atoms with E-state index in [0.29, 0.717) is 41.5 Å². The van der Waals surface area contributed by atoms with E-state index in [0.717, 1.165) is 16.4 Å². The molecule has 0 unspecified atom stereocenters. The number of pyridine rings is 1. The van der Waals surface area contributed by atoms with Crippen molar-refractivity contribution in [1.82, 2.24) is 20.2 Å². The molecule has 0 saturated heterocycles. The molecule has 10 heteroatoms. The van der Waals surface area contributed by atoms with Crippen LogP contribution >= 0.6 is 0 Å². The fourth-order valence-corrected chi connectivity index (χ4v) is 4.14. The van der Waals surface area contributed by atoms with Gasteiger partial charge in [-0.3, -0.25) is 15.2 Å². The summed E-state index contributed by atoms with van der Waals surface area (Å²) in [5.74, 6) is -3.36. The van der Waals surface area contributed by atoms with Gasteiger partial charge in [-0.05, 0) is 23.6 Å². The number of halogens is 3. The number of hydrazine groups is 1. The van der Waals surface area contributed by atoms with Crippen LogP contribution in [-0.4, -0.2) is 33.8 Å². The number of nitrogens with one attached hydrogen (secondary N) is 1. The van der Waals surface area contributed by atoms with Crippen LogP contribution in [0.25, 0.3) is 16.7 Å². The number of carbonyl (C=O) groups excluding carboxylic acids is 1. The van der Waals surface area contributed by atoms with Crippen LogP contribution in [0.15, 0.2) is 48.8 Å². The minimum atomic E-state index is -1.33. The fraction of sp³-hybridized carbons (Fsp3) is 0.208. The highest BCUT2D eigenvalue weighted by molar-refractivity contribution is 6.00. The van der Waals surface area contributed by atoms with Crippen LogP contribution in [0.5, 0.6) is 5.75 Å². The number of anilines is 1. The van der Waals surface area contributed by atoms with Crippen LogP contribution in [0.1, 0.15) is 35.7 Å². The van der Waals surface area contributed by atoms with E-state index < -0.39 is 23.1 Å². The molecular formula is C24H20F3N5O2. The van der Waals surface area contributed by atoms with Crippen molar-refractivity contribution < 1.29 is 22.7 Å². The van der Waals surface area contributed by atoms with Crippen molar-refractivity contribution in [1.29, 1.82) is 0 Å². The highest BCUT2D eigenvalue weighted by Crippen LogP contribution is 2.32. The van der Waals surface area contributed by atoms with Gasteiger partial charge in [-0.15, -0.1) is 0 Å². The van der Waals surface area contributed by atoms with Crippen LogP contribution in [0, 0.1) is 17.5 Å². The van der Waals surface area contributed by atoms with E-state index >= 15 is 0 Å². The number of fused-ring (bicyclic) bond motifs is 2. The summed E-state index contributed by atoms with van der Waals surface area (Å²) in [7, 11) is 0. The number of hydrogen-bond donors (Lipinski definition) is 1. The van der Waals surface area contributed by atoms with Crippen LogP contribution < -0.4 is 15.2 Å². The quantitative estimate of drug-likeness (QED) is 0.448. The zero-order valence-electron chi connectivity index (χ0n) is 18.3. The zero-order valence-corrected chi connectivity index (χ0v) is 18.3. The lowest BCUT2D eigenvalue weighted by Gasteiger charge is -2.31. The third-order valence-electron chi connectivity index (χ3n) is 5.63. The van der Waals surface area contributed by atoms with Gasteiger partial charge in [0.2, 0.25) is 0 Å². The van der Waals surface area contributed by atoms with E-state index in [1.807, 2.05) is 38.1 Å². The van der Waals surface area contributed by atoms with Crippen molar-refractivity contribution in [3.63, 3.8) is 0 Å². The molecule has 3 heterocycles. The number of aromatic nitrogens is 3. The predicted molar refractivity (Wildman–Crippen MR) is 120 cm³/mol. The molecule has 1 N–H and O–H groups in total. The van der Waals surface area contributed by atoms with E-state index in [2.05, 4.69) is 15.5 Å². The van der Waals surface area contributed by atoms with Crippen LogP contribution in [0.3, 0.4) is 0 Å². The molecule has 0 fully saturated rings. The maximum atomic E-state index is 14.4. The summed E-state index contributed by atoms with van der Waals surface area (Å²) in [4.78, 5) is 17.6. The molecule has 0 saturated carbocycles. The second-order valence-electron chi connectivity index (χ2n) is 8.16. The summed E-state index contributed by atoms with van der Waals surface area (Å²) in [6.45, 7) is 4.66. The van der Waals surface area contributed by atoms with Crippen molar-refractivity contribution in [2.75, 3.05) is 18.2 Å². The smallest absolute Gasteiger partial charge is 0.271 e. The number of amides is 1. The molecule has 0 atom stereocenters. The van der Waals surface area contributed by atoms with E-state index in [4.69, 9.17) is 4.74 Å². The number of benzene rings is 2. The maximum Gasteiger partial charge on any atom is 0.271 e. The van der Waals surface area contributed by atoms with Crippen molar-refractivity contribution in [3.05, 3.63) is 77.4 Å². The Labute approximate surface area is 192 Å². The topological polar surface area (TPSA) is 72.3 Å². The largest absolute Gasteiger partial charge is 0.489 e. The monoisotopic (exact) mass is 467 g/mol. The molecule has 7 nitrogen and oxygen atoms in total. The van der Waals surface area contributed by atoms with Gasteiger partial charge in [0.1, 0.15) is 23.9 Å². The molecule has 1 amide bonds. The second-order valence-corrected chi connectivity index (χ2v) is 8.16. The van der Waals surface area contributed by atoms with Gasteiger partial charge in [-0.1, -0.05) is 26.0 Å². The Hall–Kier alpha value is -4.08. The molecule has 1 aliphatic heterocycles. The Morgan fingerprint density at radius 1 is 1.12 bits per heavy atom. The zero-order chi connectivity index (χ0) is 24.0. The van der Waals surface area contributed by atoms with Gasteiger partial charge in [0.05, 0.1) is 24.0 Å². The first kappa shape index (κ1) is 21.7. The number of nitrogens with zero attached hydrogens (tertiary/aromatic N) is 4. The van der Waals surface area contributed by atoms with Gasteiger partial charge in [-0.2, -0.15) is 5.10 Å². The van der Waals surface area contributed by atoms with Crippen LogP contribution in [0.2, 0.25) is 0 Å². The SMILES string of the molecule is CC(C)c1c(C(=O)NN2CCOc3ccccc32)cnc2c1cnn2-c1cc(F)cc(F)c1F. The number of hydrogen-bond acceptors (Lipinski definition) is 5. The van der Waals surface area contributed by atoms with Crippen molar-refractivity contribution in [2.24, 2.45) is 0 Å². The van der Waals surface area contributed by atoms with E-state index in [9.17, 15) is 18.0 Å². The molecule has 5 rings (SSSR count). The lowest BCUT2D eigenvalue weighted by Crippen LogP contribution is -2.47. The summed E-state index contributed by atoms with van der Waals surface area (Å²) in [6.07, 6.45) is 2.78. The summed E-state index contributed by atoms with van der Waals surface area (Å²) >= 11 is 0. The molecule has 0 radical (unpaired) electrons. The molecule has 0 bridgehead atoms. The van der Waals surface area contributed by atoms with Crippen LogP contribution in [-0.2, 0) is 0 Å². The molecule has 2 aromatic heterocycles. The number of rotatable bonds is 4. The normalized spacial score (nSPS) is 13.2. The van der Waals surface area contributed by atoms with E-state index in [-0.39, 0.29) is 17.5 Å². The second kappa shape index (κ2) is 8.36. The lowest BCUT2D eigenvalue weighted by molar-refractivity contribution is 0.0943. The minimum absolute atomic E-state index is 0.130. The fourth-order valence-electron chi connectivity index (χ4n) is 4.14. The average Bonchev–Trinajstić information content (AvgIpc) is 3.24. The Morgan fingerprint density at radius 2 is 1.91 bits per heavy atom. The molecule has 0 aliphatic carbocycles. The van der Waals surface area contributed by atoms with Crippen molar-refractivity contribution in [3.8, 4) is 11.4 Å². The molecule has 34 heavy (non-hydrogen) atoms. The standard InChI is InChI=1S/C24H20F3N5O2/c1-13(2)21-15-12-29-32(19-10-14(25)9-17(26)22(19)27)23(15)28-11-16(21)24(33)30-31-7-8-34-20-6-4-3-5-18(20)31/h3-6,9-13H,7-8H2,1-2H3,(H,30,33). The Morgan fingerprint density at radius 3 is 2.71 bits per heavy atom. The van der Waals surface area contributed by atoms with Gasteiger partial charge < -0.3 is 4.74 Å². The third kappa shape index (κ3) is 3.60. The molecule has 2 aromatic carbocycles. The van der Waals surface area contributed by atoms with Crippen molar-refractivity contribution in [2.45, 2.75) is 19.8 Å². The first-order valence-corrected chi connectivity index (χ1v) is 10.7. The first-order valence-electron chi connectivity index (χ1n) is 10.7. The predicted octanol–water partition coefficient (Wildman–Crippen LogP) is 4.51. The Balaban J connectivity index is 1.56. The highest BCUT2D eigenvalue weighted by atomic mass is 19.2. The van der Waals surface area contributed by atoms with Crippen LogP contribution in [0.4, 0.5) is 18.9 Å². The molecule has 4 aromatic rings. The number of ether oxygens (including phenoxy) is 1. The van der Waals surface area contributed by atoms with E-state index in [1.165, 1.54) is 12.4 Å². The Kier molecular flexibility index (Phi) is 5.35. The number of carbonyl (C=O) groups is 1. The summed E-state index contributed by atoms with van der Waals surface area (Å²) in [6, 6.07) is 8.67. The Bertz CT molecular complexity index is 1420. The van der Waals surface area contributed by atoms with Crippen molar-refractivity contribution >= 4 is 22.6 Å². The van der Waals surface area contributed by atoms with Gasteiger partial charge in [0.15, 0.2) is 17.3 Å². The molecule has 0 spiro atoms. The first-order chi connectivity index (χ1) is 16.3. The summed E-state index contributed by atoms with van der Waals surface area (Å²) in [5, 5.41) is 6.31. The molecular weight excluding hydrogens is 447 g/mol. The summed E-state index contributed by atoms with van der Waals surface area (Å²) < 4.78 is 48.6. The average molecular weight is 467 g/mol. The third-order valence-corrected chi connectivity index (χ3v) is 5.63. The maximum absolute atomic E-state index is 14.4. The number of para-hydroxylation sites is 2. The highest BCUT2D eigenvalue weighted by Gasteiger charge is 2.25.